The van der Waals surface area contributed by atoms with Crippen LogP contribution < -0.4 is 20.4 Å². The van der Waals surface area contributed by atoms with Crippen molar-refractivity contribution in [1.29, 1.82) is 0 Å². The molecule has 0 saturated heterocycles. The minimum absolute atomic E-state index is 0.258. The summed E-state index contributed by atoms with van der Waals surface area (Å²) in [6.07, 6.45) is 0.482. The van der Waals surface area contributed by atoms with Crippen molar-refractivity contribution in [3.05, 3.63) is 117 Å². The molecule has 10 heteroatoms. The van der Waals surface area contributed by atoms with Crippen LogP contribution in [0.3, 0.4) is 0 Å². The van der Waals surface area contributed by atoms with Crippen LogP contribution in [-0.4, -0.2) is 18.1 Å². The van der Waals surface area contributed by atoms with E-state index in [4.69, 9.17) is 46.4 Å². The highest BCUT2D eigenvalue weighted by Crippen LogP contribution is 2.43. The molecule has 0 radical (unpaired) electrons. The van der Waals surface area contributed by atoms with E-state index < -0.39 is 0 Å². The quantitative estimate of drug-likeness (QED) is 0.240. The Bertz CT molecular complexity index is 1570. The van der Waals surface area contributed by atoms with E-state index in [-0.39, 0.29) is 24.1 Å². The maximum Gasteiger partial charge on any atom is 0.326 e. The van der Waals surface area contributed by atoms with Gasteiger partial charge in [0.1, 0.15) is 0 Å². The van der Waals surface area contributed by atoms with Crippen molar-refractivity contribution in [3.63, 3.8) is 0 Å². The smallest absolute Gasteiger partial charge is 0.307 e. The van der Waals surface area contributed by atoms with Crippen LogP contribution in [0.4, 0.5) is 32.3 Å². The highest BCUT2D eigenvalue weighted by atomic mass is 35.5. The Kier molecular flexibility index (Phi) is 8.43. The topological polar surface area (TPSA) is 64.7 Å². The maximum atomic E-state index is 13.9. The summed E-state index contributed by atoms with van der Waals surface area (Å²) in [5.74, 6) is 0. The first kappa shape index (κ1) is 28.1. The predicted molar refractivity (Wildman–Crippen MR) is 166 cm³/mol. The lowest BCUT2D eigenvalue weighted by Crippen LogP contribution is -2.49. The Balaban J connectivity index is 1.50. The molecule has 0 fully saturated rings. The zero-order chi connectivity index (χ0) is 28.4. The van der Waals surface area contributed by atoms with Gasteiger partial charge in [-0.1, -0.05) is 82.8 Å². The molecule has 204 valence electrons. The lowest BCUT2D eigenvalue weighted by atomic mass is 9.90. The van der Waals surface area contributed by atoms with Crippen molar-refractivity contribution in [1.82, 2.24) is 0 Å². The Labute approximate surface area is 252 Å². The van der Waals surface area contributed by atoms with E-state index in [9.17, 15) is 9.59 Å². The molecule has 0 spiro atoms. The van der Waals surface area contributed by atoms with Gasteiger partial charge in [-0.25, -0.2) is 9.59 Å². The van der Waals surface area contributed by atoms with Crippen LogP contribution in [0.5, 0.6) is 0 Å². The van der Waals surface area contributed by atoms with E-state index in [1.54, 1.807) is 46.2 Å². The van der Waals surface area contributed by atoms with Crippen LogP contribution in [0, 0.1) is 0 Å². The molecular weight excluding hydrogens is 590 g/mol. The second-order valence-corrected chi connectivity index (χ2v) is 11.0. The molecule has 4 amide bonds. The molecule has 0 aromatic heterocycles. The summed E-state index contributed by atoms with van der Waals surface area (Å²) in [4.78, 5) is 30.8. The van der Waals surface area contributed by atoms with E-state index in [2.05, 4.69) is 10.6 Å². The Morgan fingerprint density at radius 3 is 1.95 bits per heavy atom. The van der Waals surface area contributed by atoms with Crippen LogP contribution in [0.2, 0.25) is 20.1 Å². The van der Waals surface area contributed by atoms with Gasteiger partial charge < -0.3 is 10.6 Å². The number of para-hydroxylation sites is 2. The molecule has 2 N–H and O–H groups in total. The van der Waals surface area contributed by atoms with E-state index in [0.29, 0.717) is 49.3 Å². The minimum atomic E-state index is -0.370. The fourth-order valence-corrected chi connectivity index (χ4v) is 5.47. The van der Waals surface area contributed by atoms with E-state index >= 15 is 0 Å². The van der Waals surface area contributed by atoms with Crippen molar-refractivity contribution < 1.29 is 9.59 Å². The van der Waals surface area contributed by atoms with Gasteiger partial charge >= 0.3 is 12.1 Å². The first-order valence-electron chi connectivity index (χ1n) is 12.5. The molecule has 40 heavy (non-hydrogen) atoms. The molecule has 6 nitrogen and oxygen atoms in total. The minimum Gasteiger partial charge on any atom is -0.307 e. The number of rotatable bonds is 4. The van der Waals surface area contributed by atoms with Crippen LogP contribution >= 0.6 is 46.4 Å². The molecule has 0 aliphatic carbocycles. The summed E-state index contributed by atoms with van der Waals surface area (Å²) in [6, 6.07) is 25.6. The average Bonchev–Trinajstić information content (AvgIpc) is 2.93. The number of hydrogen-bond donors (Lipinski definition) is 2. The normalized spacial score (nSPS) is 16.2. The molecule has 5 rings (SSSR count). The first-order chi connectivity index (χ1) is 19.2. The van der Waals surface area contributed by atoms with Crippen LogP contribution in [0.15, 0.2) is 91.0 Å². The molecule has 4 aromatic carbocycles. The van der Waals surface area contributed by atoms with Gasteiger partial charge in [0.05, 0.1) is 31.8 Å². The van der Waals surface area contributed by atoms with Crippen molar-refractivity contribution in [3.8, 4) is 0 Å². The van der Waals surface area contributed by atoms with Crippen molar-refractivity contribution in [2.24, 2.45) is 0 Å². The number of hydrogen-bond acceptors (Lipinski definition) is 2. The number of nitrogens with zero attached hydrogens (tertiary/aromatic N) is 2. The molecule has 0 unspecified atom stereocenters. The lowest BCUT2D eigenvalue weighted by Gasteiger charge is -2.43. The van der Waals surface area contributed by atoms with Crippen LogP contribution in [0.1, 0.15) is 24.9 Å². The Hall–Kier alpha value is -3.42. The monoisotopic (exact) mass is 612 g/mol. The molecule has 1 aliphatic rings. The largest absolute Gasteiger partial charge is 0.326 e. The second-order valence-electron chi connectivity index (χ2n) is 9.35. The third-order valence-electron chi connectivity index (χ3n) is 6.69. The lowest BCUT2D eigenvalue weighted by molar-refractivity contribution is 0.251. The number of amides is 4. The SMILES string of the molecule is C[C@@H]1C[C@@H](N(C(=O)Nc2ccc(Cl)c(Cl)c2)c2ccccc2)c2ccccc2N1C(=O)Nc1ccc(Cl)c(Cl)c1. The molecule has 1 aliphatic heterocycles. The molecular formula is C30H24Cl4N4O2. The van der Waals surface area contributed by atoms with E-state index in [1.165, 1.54) is 0 Å². The summed E-state index contributed by atoms with van der Waals surface area (Å²) < 4.78 is 0. The molecule has 2 atom stereocenters. The summed E-state index contributed by atoms with van der Waals surface area (Å²) in [5.41, 5.74) is 3.28. The van der Waals surface area contributed by atoms with Crippen LogP contribution in [-0.2, 0) is 0 Å². The number of benzene rings is 4. The molecule has 0 saturated carbocycles. The van der Waals surface area contributed by atoms with Gasteiger partial charge in [-0.2, -0.15) is 0 Å². The van der Waals surface area contributed by atoms with Crippen molar-refractivity contribution >= 4 is 81.2 Å². The number of fused-ring (bicyclic) bond motifs is 1. The van der Waals surface area contributed by atoms with Gasteiger partial charge in [0, 0.05) is 23.1 Å². The van der Waals surface area contributed by atoms with E-state index in [1.807, 2.05) is 61.5 Å². The van der Waals surface area contributed by atoms with Crippen molar-refractivity contribution in [2.45, 2.75) is 25.4 Å². The predicted octanol–water partition coefficient (Wildman–Crippen LogP) is 9.91. The average molecular weight is 614 g/mol. The summed E-state index contributed by atoms with van der Waals surface area (Å²) in [6.45, 7) is 1.96. The number of nitrogens with one attached hydrogen (secondary N) is 2. The molecule has 4 aromatic rings. The van der Waals surface area contributed by atoms with Gasteiger partial charge in [-0.3, -0.25) is 9.80 Å². The summed E-state index contributed by atoms with van der Waals surface area (Å²) >= 11 is 24.5. The number of urea groups is 2. The first-order valence-corrected chi connectivity index (χ1v) is 14.0. The van der Waals surface area contributed by atoms with Gasteiger partial charge in [-0.15, -0.1) is 0 Å². The molecule has 0 bridgehead atoms. The standard InChI is InChI=1S/C30H24Cl4N4O2/c1-18-15-28(38(21-7-3-2-4-8-21)30(40)36-20-12-14-24(32)26(34)17-20)22-9-5-6-10-27(22)37(18)29(39)35-19-11-13-23(31)25(33)16-19/h2-14,16-18,28H,15H2,1H3,(H,35,39)(H,36,40)/t18-,28-/m1/s1. The number of carbonyl (C=O) groups is 2. The zero-order valence-corrected chi connectivity index (χ0v) is 24.3. The zero-order valence-electron chi connectivity index (χ0n) is 21.2. The summed E-state index contributed by atoms with van der Waals surface area (Å²) in [5, 5.41) is 7.36. The second kappa shape index (κ2) is 12.0. The maximum absolute atomic E-state index is 13.9. The molecule has 1 heterocycles. The van der Waals surface area contributed by atoms with Gasteiger partial charge in [-0.05, 0) is 73.5 Å². The Morgan fingerprint density at radius 2 is 1.32 bits per heavy atom. The highest BCUT2D eigenvalue weighted by molar-refractivity contribution is 6.42. The third kappa shape index (κ3) is 5.86. The third-order valence-corrected chi connectivity index (χ3v) is 8.16. The van der Waals surface area contributed by atoms with Gasteiger partial charge in [0.25, 0.3) is 0 Å². The van der Waals surface area contributed by atoms with E-state index in [0.717, 1.165) is 5.56 Å². The highest BCUT2D eigenvalue weighted by Gasteiger charge is 2.38. The van der Waals surface area contributed by atoms with Gasteiger partial charge in [0.2, 0.25) is 0 Å². The fraction of sp³-hybridized carbons (Fsp3) is 0.133. The van der Waals surface area contributed by atoms with Crippen molar-refractivity contribution in [2.75, 3.05) is 20.4 Å². The van der Waals surface area contributed by atoms with Crippen LogP contribution in [0.25, 0.3) is 0 Å². The number of carbonyl (C=O) groups excluding carboxylic acids is 2. The Morgan fingerprint density at radius 1 is 0.750 bits per heavy atom. The summed E-state index contributed by atoms with van der Waals surface area (Å²) in [7, 11) is 0. The van der Waals surface area contributed by atoms with Gasteiger partial charge in [0.15, 0.2) is 0 Å². The fourth-order valence-electron chi connectivity index (χ4n) is 4.88. The number of anilines is 4. The number of halogens is 4.